The van der Waals surface area contributed by atoms with E-state index in [-0.39, 0.29) is 6.10 Å². The van der Waals surface area contributed by atoms with Gasteiger partial charge in [-0.3, -0.25) is 4.57 Å². The van der Waals surface area contributed by atoms with Gasteiger partial charge in [0, 0.05) is 12.3 Å². The molecule has 3 aromatic rings. The van der Waals surface area contributed by atoms with Crippen molar-refractivity contribution < 1.29 is 4.74 Å². The first kappa shape index (κ1) is 18.3. The molecule has 134 valence electrons. The fourth-order valence-electron chi connectivity index (χ4n) is 2.68. The van der Waals surface area contributed by atoms with Crippen LogP contribution in [0.4, 0.5) is 0 Å². The van der Waals surface area contributed by atoms with Crippen molar-refractivity contribution in [3.63, 3.8) is 0 Å². The Morgan fingerprint density at radius 2 is 1.85 bits per heavy atom. The third-order valence-corrected chi connectivity index (χ3v) is 5.11. The Bertz CT molecular complexity index is 861. The molecule has 0 amide bonds. The number of ether oxygens (including phenoxy) is 1. The van der Waals surface area contributed by atoms with E-state index >= 15 is 0 Å². The lowest BCUT2D eigenvalue weighted by Gasteiger charge is -2.15. The summed E-state index contributed by atoms with van der Waals surface area (Å²) in [6.07, 6.45) is 1.66. The minimum Gasteiger partial charge on any atom is -0.483 e. The van der Waals surface area contributed by atoms with Crippen LogP contribution in [-0.4, -0.2) is 14.8 Å². The molecule has 0 aliphatic heterocycles. The van der Waals surface area contributed by atoms with E-state index in [1.165, 1.54) is 11.1 Å². The second kappa shape index (κ2) is 8.72. The van der Waals surface area contributed by atoms with E-state index in [2.05, 4.69) is 52.5 Å². The van der Waals surface area contributed by atoms with Gasteiger partial charge in [0.25, 0.3) is 0 Å². The number of para-hydroxylation sites is 1. The number of benzene rings is 2. The smallest absolute Gasteiger partial charge is 0.191 e. The summed E-state index contributed by atoms with van der Waals surface area (Å²) in [6.45, 7) is 8.64. The third kappa shape index (κ3) is 4.35. The van der Waals surface area contributed by atoms with Gasteiger partial charge in [0.2, 0.25) is 0 Å². The SMILES string of the molecule is C=CCn1c(SCc2ccccc2C)nnc1C(C)Oc1ccccc1. The largest absolute Gasteiger partial charge is 0.483 e. The van der Waals surface area contributed by atoms with Crippen LogP contribution in [0.15, 0.2) is 72.4 Å². The Hall–Kier alpha value is -2.53. The summed E-state index contributed by atoms with van der Waals surface area (Å²) >= 11 is 1.68. The molecule has 0 aliphatic rings. The van der Waals surface area contributed by atoms with Crippen LogP contribution in [0.5, 0.6) is 5.75 Å². The summed E-state index contributed by atoms with van der Waals surface area (Å²) in [5.74, 6) is 2.49. The molecule has 0 fully saturated rings. The van der Waals surface area contributed by atoms with Crippen LogP contribution in [0.3, 0.4) is 0 Å². The van der Waals surface area contributed by atoms with Crippen LogP contribution in [0, 0.1) is 6.92 Å². The Morgan fingerprint density at radius 3 is 2.58 bits per heavy atom. The number of nitrogens with zero attached hydrogens (tertiary/aromatic N) is 3. The lowest BCUT2D eigenvalue weighted by atomic mass is 10.1. The molecule has 3 rings (SSSR count). The maximum absolute atomic E-state index is 6.02. The second-order valence-corrected chi connectivity index (χ2v) is 6.97. The minimum atomic E-state index is -0.197. The first-order valence-corrected chi connectivity index (χ1v) is 9.60. The van der Waals surface area contributed by atoms with Crippen molar-refractivity contribution in [1.82, 2.24) is 14.8 Å². The van der Waals surface area contributed by atoms with E-state index in [1.807, 2.05) is 43.3 Å². The van der Waals surface area contributed by atoms with Crippen molar-refractivity contribution in [2.75, 3.05) is 0 Å². The van der Waals surface area contributed by atoms with Gasteiger partial charge in [0.1, 0.15) is 5.75 Å². The van der Waals surface area contributed by atoms with Crippen LogP contribution < -0.4 is 4.74 Å². The van der Waals surface area contributed by atoms with Crippen molar-refractivity contribution in [1.29, 1.82) is 0 Å². The molecule has 0 saturated carbocycles. The standard InChI is InChI=1S/C21H23N3OS/c1-4-14-24-20(17(3)25-19-12-6-5-7-13-19)22-23-21(24)26-15-18-11-9-8-10-16(18)2/h4-13,17H,1,14-15H2,2-3H3. The van der Waals surface area contributed by atoms with E-state index < -0.39 is 0 Å². The number of aryl methyl sites for hydroxylation is 1. The Balaban J connectivity index is 1.77. The molecule has 2 aromatic carbocycles. The highest BCUT2D eigenvalue weighted by atomic mass is 32.2. The fourth-order valence-corrected chi connectivity index (χ4v) is 3.71. The Labute approximate surface area is 158 Å². The van der Waals surface area contributed by atoms with Gasteiger partial charge >= 0.3 is 0 Å². The molecule has 0 bridgehead atoms. The first-order chi connectivity index (χ1) is 12.7. The number of hydrogen-bond donors (Lipinski definition) is 0. The molecule has 0 spiro atoms. The number of thioether (sulfide) groups is 1. The van der Waals surface area contributed by atoms with E-state index in [9.17, 15) is 0 Å². The van der Waals surface area contributed by atoms with Gasteiger partial charge in [-0.25, -0.2) is 0 Å². The van der Waals surface area contributed by atoms with Gasteiger partial charge in [0.15, 0.2) is 17.1 Å². The summed E-state index contributed by atoms with van der Waals surface area (Å²) < 4.78 is 8.09. The number of aromatic nitrogens is 3. The predicted octanol–water partition coefficient (Wildman–Crippen LogP) is 5.20. The molecule has 0 radical (unpaired) electrons. The first-order valence-electron chi connectivity index (χ1n) is 8.62. The van der Waals surface area contributed by atoms with Crippen LogP contribution in [-0.2, 0) is 12.3 Å². The Kier molecular flexibility index (Phi) is 6.12. The third-order valence-electron chi connectivity index (χ3n) is 4.09. The highest BCUT2D eigenvalue weighted by Gasteiger charge is 2.19. The molecule has 0 saturated heterocycles. The monoisotopic (exact) mass is 365 g/mol. The van der Waals surface area contributed by atoms with E-state index in [0.717, 1.165) is 22.5 Å². The van der Waals surface area contributed by atoms with Gasteiger partial charge in [0.05, 0.1) is 0 Å². The van der Waals surface area contributed by atoms with E-state index in [4.69, 9.17) is 4.74 Å². The zero-order valence-electron chi connectivity index (χ0n) is 15.1. The van der Waals surface area contributed by atoms with Gasteiger partial charge in [-0.15, -0.1) is 16.8 Å². The average molecular weight is 366 g/mol. The zero-order valence-corrected chi connectivity index (χ0v) is 15.9. The topological polar surface area (TPSA) is 39.9 Å². The highest BCUT2D eigenvalue weighted by molar-refractivity contribution is 7.98. The quantitative estimate of drug-likeness (QED) is 0.406. The van der Waals surface area contributed by atoms with Gasteiger partial charge in [-0.2, -0.15) is 0 Å². The summed E-state index contributed by atoms with van der Waals surface area (Å²) in [5, 5.41) is 9.66. The molecule has 5 heteroatoms. The predicted molar refractivity (Wildman–Crippen MR) is 106 cm³/mol. The molecular formula is C21H23N3OS. The molecule has 1 heterocycles. The summed E-state index contributed by atoms with van der Waals surface area (Å²) in [6, 6.07) is 18.2. The van der Waals surface area contributed by atoms with Crippen molar-refractivity contribution in [3.8, 4) is 5.75 Å². The minimum absolute atomic E-state index is 0.197. The summed E-state index contributed by atoms with van der Waals surface area (Å²) in [5.41, 5.74) is 2.59. The second-order valence-electron chi connectivity index (χ2n) is 6.03. The molecular weight excluding hydrogens is 342 g/mol. The summed E-state index contributed by atoms with van der Waals surface area (Å²) in [7, 11) is 0. The zero-order chi connectivity index (χ0) is 18.4. The lowest BCUT2D eigenvalue weighted by Crippen LogP contribution is -2.12. The number of hydrogen-bond acceptors (Lipinski definition) is 4. The molecule has 4 nitrogen and oxygen atoms in total. The van der Waals surface area contributed by atoms with E-state index in [1.54, 1.807) is 11.8 Å². The maximum Gasteiger partial charge on any atom is 0.191 e. The van der Waals surface area contributed by atoms with Crippen LogP contribution >= 0.6 is 11.8 Å². The van der Waals surface area contributed by atoms with Gasteiger partial charge in [-0.05, 0) is 37.1 Å². The van der Waals surface area contributed by atoms with Crippen molar-refractivity contribution in [3.05, 3.63) is 84.2 Å². The number of rotatable bonds is 8. The van der Waals surface area contributed by atoms with Gasteiger partial charge < -0.3 is 4.74 Å². The van der Waals surface area contributed by atoms with Crippen molar-refractivity contribution in [2.24, 2.45) is 0 Å². The van der Waals surface area contributed by atoms with Crippen LogP contribution in [0.1, 0.15) is 30.0 Å². The van der Waals surface area contributed by atoms with Gasteiger partial charge in [-0.1, -0.05) is 60.3 Å². The average Bonchev–Trinajstić information content (AvgIpc) is 3.05. The molecule has 1 atom stereocenters. The molecule has 26 heavy (non-hydrogen) atoms. The molecule has 1 unspecified atom stereocenters. The summed E-state index contributed by atoms with van der Waals surface area (Å²) in [4.78, 5) is 0. The molecule has 0 aliphatic carbocycles. The maximum atomic E-state index is 6.02. The molecule has 1 aromatic heterocycles. The lowest BCUT2D eigenvalue weighted by molar-refractivity contribution is 0.210. The van der Waals surface area contributed by atoms with E-state index in [0.29, 0.717) is 6.54 Å². The van der Waals surface area contributed by atoms with Crippen molar-refractivity contribution in [2.45, 2.75) is 37.4 Å². The number of allylic oxidation sites excluding steroid dienone is 1. The fraction of sp³-hybridized carbons (Fsp3) is 0.238. The Morgan fingerprint density at radius 1 is 1.12 bits per heavy atom. The van der Waals surface area contributed by atoms with Crippen LogP contribution in [0.25, 0.3) is 0 Å². The van der Waals surface area contributed by atoms with Crippen LogP contribution in [0.2, 0.25) is 0 Å². The van der Waals surface area contributed by atoms with Crippen molar-refractivity contribution >= 4 is 11.8 Å². The normalized spacial score (nSPS) is 11.9. The highest BCUT2D eigenvalue weighted by Crippen LogP contribution is 2.27. The molecule has 0 N–H and O–H groups in total.